The first-order valence-corrected chi connectivity index (χ1v) is 11.2. The number of benzene rings is 1. The number of fused-ring (bicyclic) bond motifs is 1. The second-order valence-electron chi connectivity index (χ2n) is 8.08. The van der Waals surface area contributed by atoms with Gasteiger partial charge in [-0.2, -0.15) is 15.5 Å². The Hall–Kier alpha value is -4.82. The van der Waals surface area contributed by atoms with Crippen LogP contribution in [0, 0.1) is 11.3 Å². The molecule has 0 saturated carbocycles. The van der Waals surface area contributed by atoms with E-state index in [0.29, 0.717) is 38.9 Å². The van der Waals surface area contributed by atoms with Crippen LogP contribution in [0.3, 0.4) is 0 Å². The van der Waals surface area contributed by atoms with Gasteiger partial charge in [-0.25, -0.2) is 15.0 Å². The van der Waals surface area contributed by atoms with Crippen LogP contribution in [0.25, 0.3) is 33.5 Å². The molecule has 1 atom stereocenters. The minimum atomic E-state index is -0.541. The lowest BCUT2D eigenvalue weighted by atomic mass is 10.1. The average molecular weight is 499 g/mol. The van der Waals surface area contributed by atoms with Gasteiger partial charge in [0.1, 0.15) is 23.2 Å². The highest BCUT2D eigenvalue weighted by atomic mass is 35.5. The van der Waals surface area contributed by atoms with E-state index < -0.39 is 11.9 Å². The number of amides is 1. The number of nitrogen functional groups attached to an aromatic ring is 1. The van der Waals surface area contributed by atoms with Crippen molar-refractivity contribution in [2.75, 3.05) is 5.73 Å². The average Bonchev–Trinajstić information content (AvgIpc) is 3.53. The highest BCUT2D eigenvalue weighted by Crippen LogP contribution is 2.34. The Morgan fingerprint density at radius 1 is 1.22 bits per heavy atom. The number of carbonyl (C=O) groups is 1. The molecule has 178 valence electrons. The van der Waals surface area contributed by atoms with Crippen LogP contribution < -0.4 is 11.1 Å². The number of aryl methyl sites for hydroxylation is 1. The summed E-state index contributed by atoms with van der Waals surface area (Å²) >= 11 is 6.48. The summed E-state index contributed by atoms with van der Waals surface area (Å²) in [6, 6.07) is 11.8. The van der Waals surface area contributed by atoms with Crippen LogP contribution in [0.4, 0.5) is 5.82 Å². The Kier molecular flexibility index (Phi) is 5.79. The van der Waals surface area contributed by atoms with E-state index in [2.05, 4.69) is 35.6 Å². The molecule has 11 nitrogen and oxygen atoms in total. The van der Waals surface area contributed by atoms with E-state index in [1.165, 1.54) is 0 Å². The lowest BCUT2D eigenvalue weighted by Gasteiger charge is -2.16. The van der Waals surface area contributed by atoms with Crippen LogP contribution in [0.5, 0.6) is 0 Å². The van der Waals surface area contributed by atoms with E-state index in [0.717, 1.165) is 5.39 Å². The quantitative estimate of drug-likeness (QED) is 0.331. The number of halogens is 1. The van der Waals surface area contributed by atoms with Crippen molar-refractivity contribution in [1.29, 1.82) is 5.26 Å². The predicted molar refractivity (Wildman–Crippen MR) is 134 cm³/mol. The first kappa shape index (κ1) is 22.9. The van der Waals surface area contributed by atoms with Gasteiger partial charge in [0.05, 0.1) is 34.2 Å². The summed E-state index contributed by atoms with van der Waals surface area (Å²) in [5, 5.41) is 24.5. The van der Waals surface area contributed by atoms with Gasteiger partial charge in [-0.05, 0) is 37.3 Å². The Morgan fingerprint density at radius 3 is 2.81 bits per heavy atom. The normalized spacial score (nSPS) is 11.8. The summed E-state index contributed by atoms with van der Waals surface area (Å²) in [7, 11) is 1.78. The molecule has 0 aliphatic heterocycles. The van der Waals surface area contributed by atoms with Crippen LogP contribution in [0.2, 0.25) is 5.02 Å². The molecule has 4 heterocycles. The van der Waals surface area contributed by atoms with E-state index in [4.69, 9.17) is 22.6 Å². The lowest BCUT2D eigenvalue weighted by molar-refractivity contribution is 0.0935. The maximum Gasteiger partial charge on any atom is 0.274 e. The first-order valence-electron chi connectivity index (χ1n) is 10.8. The number of nitriles is 1. The summed E-state index contributed by atoms with van der Waals surface area (Å²) in [5.41, 5.74) is 9.55. The summed E-state index contributed by atoms with van der Waals surface area (Å²) < 4.78 is 1.63. The van der Waals surface area contributed by atoms with Gasteiger partial charge in [0.2, 0.25) is 0 Å². The number of aromatic nitrogens is 7. The van der Waals surface area contributed by atoms with Crippen molar-refractivity contribution >= 4 is 34.2 Å². The molecule has 4 N–H and O–H groups in total. The smallest absolute Gasteiger partial charge is 0.274 e. The monoisotopic (exact) mass is 498 g/mol. The number of H-pyrrole nitrogens is 1. The highest BCUT2D eigenvalue weighted by Gasteiger charge is 2.23. The van der Waals surface area contributed by atoms with Crippen LogP contribution in [-0.4, -0.2) is 40.8 Å². The number of nitrogens with zero attached hydrogens (tertiary/aromatic N) is 7. The van der Waals surface area contributed by atoms with Gasteiger partial charge in [-0.1, -0.05) is 17.7 Å². The molecule has 12 heteroatoms. The molecule has 1 amide bonds. The van der Waals surface area contributed by atoms with Gasteiger partial charge in [-0.15, -0.1) is 0 Å². The van der Waals surface area contributed by atoms with Gasteiger partial charge in [-0.3, -0.25) is 14.6 Å². The van der Waals surface area contributed by atoms with Crippen molar-refractivity contribution in [2.45, 2.75) is 13.0 Å². The van der Waals surface area contributed by atoms with Gasteiger partial charge >= 0.3 is 0 Å². The molecule has 1 unspecified atom stereocenters. The highest BCUT2D eigenvalue weighted by molar-refractivity contribution is 6.35. The Morgan fingerprint density at radius 2 is 2.06 bits per heavy atom. The fourth-order valence-electron chi connectivity index (χ4n) is 3.78. The van der Waals surface area contributed by atoms with Crippen LogP contribution in [0.1, 0.15) is 34.8 Å². The summed E-state index contributed by atoms with van der Waals surface area (Å²) in [4.78, 5) is 26.6. The molecule has 0 bridgehead atoms. The molecule has 0 aliphatic rings. The molecule has 4 aromatic heterocycles. The van der Waals surface area contributed by atoms with E-state index in [-0.39, 0.29) is 17.2 Å². The summed E-state index contributed by atoms with van der Waals surface area (Å²) in [6.45, 7) is 1.75. The third-order valence-corrected chi connectivity index (χ3v) is 5.84. The van der Waals surface area contributed by atoms with Crippen molar-refractivity contribution in [3.63, 3.8) is 0 Å². The third-order valence-electron chi connectivity index (χ3n) is 5.54. The standard InChI is InChI=1S/C24H19ClN10O/c1-12(17-5-3-4-15(10-26)30-17)29-24(36)22-23(27)32-21(18-6-7-35(2)34-18)20(31-22)13-8-14-11-28-33-19(14)16(25)9-13/h3-9,11-12H,1-2H3,(H2,27,32)(H,28,33)(H,29,36). The van der Waals surface area contributed by atoms with Crippen LogP contribution in [0.15, 0.2) is 48.8 Å². The fraction of sp³-hybridized carbons (Fsp3) is 0.125. The van der Waals surface area contributed by atoms with Crippen molar-refractivity contribution < 1.29 is 4.79 Å². The minimum Gasteiger partial charge on any atom is -0.382 e. The SMILES string of the molecule is CC(NC(=O)c1nc(-c2cc(Cl)c3[nH]ncc3c2)c(-c2ccn(C)n2)nc1N)c1cccc(C#N)n1. The first-order chi connectivity index (χ1) is 17.3. The number of hydrogen-bond acceptors (Lipinski definition) is 8. The minimum absolute atomic E-state index is 0.0571. The number of nitrogens with one attached hydrogen (secondary N) is 2. The molecule has 5 rings (SSSR count). The molecule has 36 heavy (non-hydrogen) atoms. The summed E-state index contributed by atoms with van der Waals surface area (Å²) in [6.07, 6.45) is 3.42. The molecule has 5 aromatic rings. The zero-order valence-corrected chi connectivity index (χ0v) is 19.9. The van der Waals surface area contributed by atoms with E-state index in [1.54, 1.807) is 61.4 Å². The van der Waals surface area contributed by atoms with Crippen LogP contribution >= 0.6 is 11.6 Å². The maximum atomic E-state index is 13.2. The second-order valence-corrected chi connectivity index (χ2v) is 8.48. The Balaban J connectivity index is 1.59. The van der Waals surface area contributed by atoms with Gasteiger partial charge in [0.25, 0.3) is 5.91 Å². The topological polar surface area (TPSA) is 164 Å². The number of carbonyl (C=O) groups excluding carboxylic acids is 1. The molecule has 0 saturated heterocycles. The number of aromatic amines is 1. The number of pyridine rings is 1. The van der Waals surface area contributed by atoms with Gasteiger partial charge in [0, 0.05) is 24.2 Å². The van der Waals surface area contributed by atoms with E-state index in [1.807, 2.05) is 12.1 Å². The van der Waals surface area contributed by atoms with E-state index in [9.17, 15) is 4.79 Å². The molecule has 1 aromatic carbocycles. The number of hydrogen-bond donors (Lipinski definition) is 3. The van der Waals surface area contributed by atoms with Crippen molar-refractivity contribution in [2.24, 2.45) is 7.05 Å². The summed E-state index contributed by atoms with van der Waals surface area (Å²) in [5.74, 6) is -0.598. The number of anilines is 1. The van der Waals surface area contributed by atoms with Crippen molar-refractivity contribution in [3.8, 4) is 28.7 Å². The lowest BCUT2D eigenvalue weighted by Crippen LogP contribution is -2.29. The van der Waals surface area contributed by atoms with E-state index >= 15 is 0 Å². The van der Waals surface area contributed by atoms with Gasteiger partial charge < -0.3 is 11.1 Å². The number of rotatable bonds is 5. The predicted octanol–water partition coefficient (Wildman–Crippen LogP) is 3.41. The Bertz CT molecular complexity index is 1670. The van der Waals surface area contributed by atoms with Crippen molar-refractivity contribution in [3.05, 3.63) is 70.9 Å². The maximum absolute atomic E-state index is 13.2. The number of nitrogens with two attached hydrogens (primary N) is 1. The fourth-order valence-corrected chi connectivity index (χ4v) is 4.05. The zero-order valence-electron chi connectivity index (χ0n) is 19.2. The van der Waals surface area contributed by atoms with Crippen molar-refractivity contribution in [1.82, 2.24) is 40.2 Å². The Labute approximate surface area is 210 Å². The molecule has 0 spiro atoms. The molecule has 0 fully saturated rings. The molecular weight excluding hydrogens is 480 g/mol. The van der Waals surface area contributed by atoms with Crippen LogP contribution in [-0.2, 0) is 7.05 Å². The zero-order chi connectivity index (χ0) is 25.4. The molecule has 0 radical (unpaired) electrons. The second kappa shape index (κ2) is 9.09. The van der Waals surface area contributed by atoms with Gasteiger partial charge in [0.15, 0.2) is 11.5 Å². The molecule has 0 aliphatic carbocycles. The molecular formula is C24H19ClN10O. The third kappa shape index (κ3) is 4.21. The largest absolute Gasteiger partial charge is 0.382 e.